The van der Waals surface area contributed by atoms with E-state index in [2.05, 4.69) is 5.32 Å². The van der Waals surface area contributed by atoms with Crippen LogP contribution in [0.25, 0.3) is 10.8 Å². The van der Waals surface area contributed by atoms with Crippen LogP contribution in [0.1, 0.15) is 12.5 Å². The maximum atomic E-state index is 12.2. The van der Waals surface area contributed by atoms with Gasteiger partial charge >= 0.3 is 0 Å². The van der Waals surface area contributed by atoms with E-state index in [0.717, 1.165) is 22.1 Å². The molecule has 3 rings (SSSR count). The highest BCUT2D eigenvalue weighted by Gasteiger charge is 2.14. The Hall–Kier alpha value is -3.01. The number of amides is 1. The summed E-state index contributed by atoms with van der Waals surface area (Å²) in [5.74, 6) is 1.33. The van der Waals surface area contributed by atoms with Gasteiger partial charge < -0.3 is 14.8 Å². The first-order chi connectivity index (χ1) is 12.2. The van der Waals surface area contributed by atoms with Crippen molar-refractivity contribution in [2.75, 3.05) is 7.11 Å². The maximum Gasteiger partial charge on any atom is 0.261 e. The number of carbonyl (C=O) groups excluding carboxylic acids is 1. The maximum absolute atomic E-state index is 12.2. The molecule has 0 bridgehead atoms. The predicted octanol–water partition coefficient (Wildman–Crippen LogP) is 3.93. The van der Waals surface area contributed by atoms with Crippen molar-refractivity contribution in [1.82, 2.24) is 5.32 Å². The molecule has 0 heterocycles. The quantitative estimate of drug-likeness (QED) is 0.742. The van der Waals surface area contributed by atoms with Gasteiger partial charge in [-0.25, -0.2) is 0 Å². The van der Waals surface area contributed by atoms with Crippen molar-refractivity contribution < 1.29 is 14.3 Å². The lowest BCUT2D eigenvalue weighted by Gasteiger charge is -2.15. The van der Waals surface area contributed by atoms with Crippen LogP contribution in [-0.2, 0) is 11.3 Å². The molecule has 0 aromatic heterocycles. The molecule has 0 saturated carbocycles. The molecule has 0 aliphatic carbocycles. The van der Waals surface area contributed by atoms with E-state index in [-0.39, 0.29) is 5.91 Å². The van der Waals surface area contributed by atoms with Gasteiger partial charge in [-0.15, -0.1) is 0 Å². The summed E-state index contributed by atoms with van der Waals surface area (Å²) in [5, 5.41) is 5.12. The zero-order valence-electron chi connectivity index (χ0n) is 14.4. The van der Waals surface area contributed by atoms with Crippen LogP contribution < -0.4 is 14.8 Å². The number of fused-ring (bicyclic) bond motifs is 1. The summed E-state index contributed by atoms with van der Waals surface area (Å²) < 4.78 is 10.9. The molecule has 4 heteroatoms. The molecule has 128 valence electrons. The van der Waals surface area contributed by atoms with Crippen LogP contribution in [0.15, 0.2) is 66.7 Å². The number of hydrogen-bond donors (Lipinski definition) is 1. The van der Waals surface area contributed by atoms with Crippen LogP contribution in [0.3, 0.4) is 0 Å². The summed E-state index contributed by atoms with van der Waals surface area (Å²) in [4.78, 5) is 12.2. The number of benzene rings is 3. The zero-order valence-corrected chi connectivity index (χ0v) is 14.4. The van der Waals surface area contributed by atoms with Gasteiger partial charge in [-0.1, -0.05) is 42.5 Å². The number of hydrogen-bond acceptors (Lipinski definition) is 3. The van der Waals surface area contributed by atoms with Crippen LogP contribution in [-0.4, -0.2) is 19.1 Å². The van der Waals surface area contributed by atoms with Gasteiger partial charge in [0.1, 0.15) is 11.5 Å². The molecule has 0 spiro atoms. The highest BCUT2D eigenvalue weighted by atomic mass is 16.5. The third-order valence-corrected chi connectivity index (χ3v) is 4.03. The first kappa shape index (κ1) is 16.8. The lowest BCUT2D eigenvalue weighted by molar-refractivity contribution is -0.127. The Kier molecular flexibility index (Phi) is 5.19. The molecule has 3 aromatic rings. The average molecular weight is 335 g/mol. The van der Waals surface area contributed by atoms with E-state index in [4.69, 9.17) is 9.47 Å². The molecule has 1 N–H and O–H groups in total. The van der Waals surface area contributed by atoms with Crippen LogP contribution in [0.2, 0.25) is 0 Å². The molecule has 25 heavy (non-hydrogen) atoms. The third-order valence-electron chi connectivity index (χ3n) is 4.03. The largest absolute Gasteiger partial charge is 0.497 e. The summed E-state index contributed by atoms with van der Waals surface area (Å²) in [6, 6.07) is 21.5. The van der Waals surface area contributed by atoms with Crippen molar-refractivity contribution in [3.8, 4) is 11.5 Å². The van der Waals surface area contributed by atoms with E-state index in [1.807, 2.05) is 66.7 Å². The highest BCUT2D eigenvalue weighted by Crippen LogP contribution is 2.21. The minimum Gasteiger partial charge on any atom is -0.497 e. The van der Waals surface area contributed by atoms with Crippen LogP contribution in [0.4, 0.5) is 0 Å². The second kappa shape index (κ2) is 7.71. The van der Waals surface area contributed by atoms with Crippen LogP contribution in [0.5, 0.6) is 11.5 Å². The van der Waals surface area contributed by atoms with Crippen molar-refractivity contribution in [1.29, 1.82) is 0 Å². The normalized spacial score (nSPS) is 11.8. The summed E-state index contributed by atoms with van der Waals surface area (Å²) >= 11 is 0. The Balaban J connectivity index is 1.57. The van der Waals surface area contributed by atoms with E-state index in [9.17, 15) is 4.79 Å². The van der Waals surface area contributed by atoms with Gasteiger partial charge in [0.15, 0.2) is 6.10 Å². The molecule has 0 saturated heterocycles. The van der Waals surface area contributed by atoms with E-state index in [0.29, 0.717) is 12.3 Å². The van der Waals surface area contributed by atoms with Crippen molar-refractivity contribution in [2.45, 2.75) is 19.6 Å². The minimum absolute atomic E-state index is 0.149. The second-order valence-corrected chi connectivity index (χ2v) is 5.83. The highest BCUT2D eigenvalue weighted by molar-refractivity contribution is 5.84. The molecule has 0 radical (unpaired) electrons. The Morgan fingerprint density at radius 3 is 2.36 bits per heavy atom. The first-order valence-electron chi connectivity index (χ1n) is 8.22. The molecule has 3 aromatic carbocycles. The zero-order chi connectivity index (χ0) is 17.6. The van der Waals surface area contributed by atoms with Crippen LogP contribution >= 0.6 is 0 Å². The van der Waals surface area contributed by atoms with E-state index < -0.39 is 6.10 Å². The van der Waals surface area contributed by atoms with Gasteiger partial charge in [0.05, 0.1) is 7.11 Å². The Morgan fingerprint density at radius 1 is 0.960 bits per heavy atom. The lowest BCUT2D eigenvalue weighted by Crippen LogP contribution is -2.35. The first-order valence-corrected chi connectivity index (χ1v) is 8.22. The van der Waals surface area contributed by atoms with Gasteiger partial charge in [0.25, 0.3) is 5.91 Å². The van der Waals surface area contributed by atoms with Gasteiger partial charge in [0, 0.05) is 6.54 Å². The van der Waals surface area contributed by atoms with Gasteiger partial charge in [-0.05, 0) is 47.5 Å². The standard InChI is InChI=1S/C21H21NO3/c1-15(21(23)22-14-16-7-10-19(24-2)11-8-16)25-20-12-9-17-5-3-4-6-18(17)13-20/h3-13,15H,14H2,1-2H3,(H,22,23). The molecule has 0 aliphatic heterocycles. The third kappa shape index (κ3) is 4.29. The number of rotatable bonds is 6. The summed E-state index contributed by atoms with van der Waals surface area (Å²) in [5.41, 5.74) is 1.01. The summed E-state index contributed by atoms with van der Waals surface area (Å²) in [7, 11) is 1.63. The van der Waals surface area contributed by atoms with Gasteiger partial charge in [0.2, 0.25) is 0 Å². The molecule has 1 unspecified atom stereocenters. The van der Waals surface area contributed by atoms with Crippen molar-refractivity contribution in [3.63, 3.8) is 0 Å². The molecular weight excluding hydrogens is 314 g/mol. The molecular formula is C21H21NO3. The fourth-order valence-corrected chi connectivity index (χ4v) is 2.57. The Bertz CT molecular complexity index is 858. The number of carbonyl (C=O) groups is 1. The van der Waals surface area contributed by atoms with E-state index >= 15 is 0 Å². The SMILES string of the molecule is COc1ccc(CNC(=O)C(C)Oc2ccc3ccccc3c2)cc1. The lowest BCUT2D eigenvalue weighted by atomic mass is 10.1. The number of nitrogens with one attached hydrogen (secondary N) is 1. The van der Waals surface area contributed by atoms with E-state index in [1.165, 1.54) is 0 Å². The number of methoxy groups -OCH3 is 1. The smallest absolute Gasteiger partial charge is 0.261 e. The topological polar surface area (TPSA) is 47.6 Å². The second-order valence-electron chi connectivity index (χ2n) is 5.83. The monoisotopic (exact) mass is 335 g/mol. The fourth-order valence-electron chi connectivity index (χ4n) is 2.57. The Labute approximate surface area is 147 Å². The molecule has 4 nitrogen and oxygen atoms in total. The molecule has 1 atom stereocenters. The van der Waals surface area contributed by atoms with Crippen LogP contribution in [0, 0.1) is 0 Å². The summed E-state index contributed by atoms with van der Waals surface area (Å²) in [6.07, 6.45) is -0.570. The van der Waals surface area contributed by atoms with E-state index in [1.54, 1.807) is 14.0 Å². The molecule has 0 aliphatic rings. The molecule has 0 fully saturated rings. The molecule has 1 amide bonds. The average Bonchev–Trinajstić information content (AvgIpc) is 2.66. The Morgan fingerprint density at radius 2 is 1.64 bits per heavy atom. The predicted molar refractivity (Wildman–Crippen MR) is 98.9 cm³/mol. The van der Waals surface area contributed by atoms with Crippen molar-refractivity contribution in [3.05, 3.63) is 72.3 Å². The van der Waals surface area contributed by atoms with Gasteiger partial charge in [-0.3, -0.25) is 4.79 Å². The minimum atomic E-state index is -0.570. The van der Waals surface area contributed by atoms with Crippen molar-refractivity contribution >= 4 is 16.7 Å². The van der Waals surface area contributed by atoms with Crippen molar-refractivity contribution in [2.24, 2.45) is 0 Å². The number of ether oxygens (including phenoxy) is 2. The fraction of sp³-hybridized carbons (Fsp3) is 0.190. The summed E-state index contributed by atoms with van der Waals surface area (Å²) in [6.45, 7) is 2.20. The van der Waals surface area contributed by atoms with Gasteiger partial charge in [-0.2, -0.15) is 0 Å².